The van der Waals surface area contributed by atoms with Gasteiger partial charge in [-0.05, 0) is 24.6 Å². The van der Waals surface area contributed by atoms with Crippen LogP contribution in [0.1, 0.15) is 31.2 Å². The molecule has 4 rings (SSSR count). The van der Waals surface area contributed by atoms with Gasteiger partial charge in [0.25, 0.3) is 5.56 Å². The summed E-state index contributed by atoms with van der Waals surface area (Å²) in [5, 5.41) is 0.464. The number of aromatic amines is 1. The first kappa shape index (κ1) is 26.5. The van der Waals surface area contributed by atoms with Crippen LogP contribution in [0.4, 0.5) is 9.18 Å². The molecule has 1 aromatic carbocycles. The predicted octanol–water partition coefficient (Wildman–Crippen LogP) is 3.27. The van der Waals surface area contributed by atoms with Crippen LogP contribution in [0.15, 0.2) is 46.1 Å². The van der Waals surface area contributed by atoms with Crippen LogP contribution < -0.4 is 11.2 Å². The minimum absolute atomic E-state index is 0.0400. The van der Waals surface area contributed by atoms with Crippen molar-refractivity contribution >= 4 is 25.6 Å². The number of benzene rings is 1. The van der Waals surface area contributed by atoms with Crippen molar-refractivity contribution < 1.29 is 41.5 Å². The van der Waals surface area contributed by atoms with Gasteiger partial charge in [0.1, 0.15) is 6.10 Å². The topological polar surface area (TPSA) is 144 Å². The number of methoxy groups -OCH3 is 1. The molecular weight excluding hydrogens is 526 g/mol. The smallest absolute Gasteiger partial charge is 0.438 e. The first-order chi connectivity index (χ1) is 17.0. The molecule has 0 amide bonds. The quantitative estimate of drug-likeness (QED) is 0.422. The zero-order valence-corrected chi connectivity index (χ0v) is 20.8. The number of hydrogen-bond donors (Lipinski definition) is 1. The van der Waals surface area contributed by atoms with Crippen molar-refractivity contribution in [3.8, 4) is 0 Å². The van der Waals surface area contributed by atoms with Crippen molar-refractivity contribution in [3.63, 3.8) is 0 Å². The molecule has 2 aromatic rings. The fourth-order valence-corrected chi connectivity index (χ4v) is 5.56. The lowest BCUT2D eigenvalue weighted by molar-refractivity contribution is -0.0660. The van der Waals surface area contributed by atoms with E-state index >= 15 is 4.39 Å². The van der Waals surface area contributed by atoms with Crippen molar-refractivity contribution in [1.29, 1.82) is 0 Å². The maximum atomic E-state index is 15.9. The Bertz CT molecular complexity index is 1280. The monoisotopic (exact) mass is 548 g/mol. The van der Waals surface area contributed by atoms with Crippen LogP contribution in [-0.4, -0.2) is 53.9 Å². The molecule has 6 atom stereocenters. The minimum atomic E-state index is -4.15. The van der Waals surface area contributed by atoms with E-state index in [2.05, 4.69) is 4.74 Å². The summed E-state index contributed by atoms with van der Waals surface area (Å²) in [6.07, 6.45) is -5.12. The average molecular weight is 549 g/mol. The molecular formula is C21H23ClFN2O10P. The van der Waals surface area contributed by atoms with E-state index in [4.69, 9.17) is 34.6 Å². The lowest BCUT2D eigenvalue weighted by Gasteiger charge is -2.30. The Morgan fingerprint density at radius 3 is 2.83 bits per heavy atom. The van der Waals surface area contributed by atoms with Crippen molar-refractivity contribution in [2.24, 2.45) is 0 Å². The molecule has 2 aliphatic heterocycles. The summed E-state index contributed by atoms with van der Waals surface area (Å²) in [5.74, 6) is 0. The van der Waals surface area contributed by atoms with E-state index < -0.39 is 62.0 Å². The highest BCUT2D eigenvalue weighted by Gasteiger charge is 2.59. The number of carbonyl (C=O) groups excluding carboxylic acids is 1. The van der Waals surface area contributed by atoms with E-state index in [9.17, 15) is 18.9 Å². The zero-order chi connectivity index (χ0) is 26.1. The molecule has 2 aliphatic rings. The Morgan fingerprint density at radius 2 is 2.14 bits per heavy atom. The fourth-order valence-electron chi connectivity index (χ4n) is 3.97. The standard InChI is InChI=1S/C21H23ClFN2O10P/c1-21(23)17(34-20(28)30-2)15(33-18(21)25-8-6-16(26)24-19(25)27)11-32-36(29)31-9-7-14(35-36)12-4-3-5-13(22)10-12/h3-6,8,10,14-15,17-18H,7,9,11H2,1-2H3,(H,24,26,27)/t14-,15+,17+,18+,21+,36+/m0/s1. The van der Waals surface area contributed by atoms with Crippen molar-refractivity contribution in [1.82, 2.24) is 9.55 Å². The Morgan fingerprint density at radius 1 is 1.36 bits per heavy atom. The third-order valence-corrected chi connectivity index (χ3v) is 7.39. The second kappa shape index (κ2) is 10.4. The summed E-state index contributed by atoms with van der Waals surface area (Å²) < 4.78 is 61.3. The molecule has 36 heavy (non-hydrogen) atoms. The van der Waals surface area contributed by atoms with Crippen LogP contribution >= 0.6 is 19.4 Å². The third kappa shape index (κ3) is 5.56. The lowest BCUT2D eigenvalue weighted by Crippen LogP contribution is -2.46. The van der Waals surface area contributed by atoms with Crippen LogP contribution in [-0.2, 0) is 32.3 Å². The Labute approximate surface area is 208 Å². The highest BCUT2D eigenvalue weighted by Crippen LogP contribution is 2.57. The summed E-state index contributed by atoms with van der Waals surface area (Å²) in [6.45, 7) is 0.474. The van der Waals surface area contributed by atoms with E-state index in [0.29, 0.717) is 17.0 Å². The highest BCUT2D eigenvalue weighted by molar-refractivity contribution is 7.48. The molecule has 1 N–H and O–H groups in total. The predicted molar refractivity (Wildman–Crippen MR) is 121 cm³/mol. The molecule has 15 heteroatoms. The van der Waals surface area contributed by atoms with Gasteiger partial charge in [-0.3, -0.25) is 27.9 Å². The van der Waals surface area contributed by atoms with Gasteiger partial charge in [0.05, 0.1) is 26.4 Å². The molecule has 0 unspecified atom stereocenters. The molecule has 0 saturated carbocycles. The molecule has 0 spiro atoms. The van der Waals surface area contributed by atoms with Crippen LogP contribution in [0.5, 0.6) is 0 Å². The van der Waals surface area contributed by atoms with E-state index in [1.807, 2.05) is 4.98 Å². The summed E-state index contributed by atoms with van der Waals surface area (Å²) in [4.78, 5) is 37.5. The number of alkyl halides is 1. The number of H-pyrrole nitrogens is 1. The summed E-state index contributed by atoms with van der Waals surface area (Å²) in [6, 6.07) is 7.79. The number of nitrogens with one attached hydrogen (secondary N) is 1. The van der Waals surface area contributed by atoms with Crippen molar-refractivity contribution in [3.05, 3.63) is 68.0 Å². The molecule has 0 radical (unpaired) electrons. The highest BCUT2D eigenvalue weighted by atomic mass is 35.5. The molecule has 0 bridgehead atoms. The summed E-state index contributed by atoms with van der Waals surface area (Å²) in [7, 11) is -3.12. The number of hydrogen-bond acceptors (Lipinski definition) is 10. The Hall–Kier alpha value is -2.54. The third-order valence-electron chi connectivity index (χ3n) is 5.68. The molecule has 3 heterocycles. The molecule has 12 nitrogen and oxygen atoms in total. The largest absolute Gasteiger partial charge is 0.508 e. The van der Waals surface area contributed by atoms with E-state index in [1.165, 1.54) is 0 Å². The maximum absolute atomic E-state index is 15.9. The Balaban J connectivity index is 1.54. The molecule has 2 fully saturated rings. The van der Waals surface area contributed by atoms with Gasteiger partial charge in [-0.25, -0.2) is 18.5 Å². The number of phosphoric ester groups is 1. The van der Waals surface area contributed by atoms with Gasteiger partial charge in [0, 0.05) is 23.7 Å². The summed E-state index contributed by atoms with van der Waals surface area (Å²) in [5.41, 5.74) is -3.49. The molecule has 2 saturated heterocycles. The van der Waals surface area contributed by atoms with Gasteiger partial charge in [-0.2, -0.15) is 0 Å². The molecule has 1 aromatic heterocycles. The van der Waals surface area contributed by atoms with Crippen LogP contribution in [0, 0.1) is 0 Å². The average Bonchev–Trinajstić information content (AvgIpc) is 3.07. The second-order valence-electron chi connectivity index (χ2n) is 8.20. The number of carbonyl (C=O) groups is 1. The lowest BCUT2D eigenvalue weighted by atomic mass is 9.98. The molecule has 196 valence electrons. The van der Waals surface area contributed by atoms with Crippen molar-refractivity contribution in [2.75, 3.05) is 20.3 Å². The molecule has 0 aliphatic carbocycles. The first-order valence-electron chi connectivity index (χ1n) is 10.8. The number of ether oxygens (including phenoxy) is 3. The fraction of sp³-hybridized carbons (Fsp3) is 0.476. The van der Waals surface area contributed by atoms with Gasteiger partial charge < -0.3 is 14.2 Å². The maximum Gasteiger partial charge on any atom is 0.508 e. The van der Waals surface area contributed by atoms with E-state index in [-0.39, 0.29) is 6.61 Å². The second-order valence-corrected chi connectivity index (χ2v) is 10.3. The van der Waals surface area contributed by atoms with Crippen LogP contribution in [0.25, 0.3) is 0 Å². The summed E-state index contributed by atoms with van der Waals surface area (Å²) >= 11 is 6.03. The number of rotatable bonds is 6. The van der Waals surface area contributed by atoms with Gasteiger partial charge in [0.2, 0.25) is 0 Å². The number of phosphoric acid groups is 1. The first-order valence-corrected chi connectivity index (χ1v) is 12.6. The number of aromatic nitrogens is 2. The van der Waals surface area contributed by atoms with Gasteiger partial charge in [-0.1, -0.05) is 23.7 Å². The van der Waals surface area contributed by atoms with Gasteiger partial charge >= 0.3 is 19.7 Å². The van der Waals surface area contributed by atoms with Crippen LogP contribution in [0.3, 0.4) is 0 Å². The van der Waals surface area contributed by atoms with Gasteiger partial charge in [-0.15, -0.1) is 0 Å². The normalized spacial score (nSPS) is 32.2. The van der Waals surface area contributed by atoms with E-state index in [1.54, 1.807) is 24.3 Å². The minimum Gasteiger partial charge on any atom is -0.438 e. The SMILES string of the molecule is COC(=O)O[C@@H]1[C@@H](CO[P@@]2(=O)OCC[C@@H](c3cccc(Cl)c3)O2)O[C@@H](n2ccc(=O)[nH]c2=O)[C@]1(C)F. The van der Waals surface area contributed by atoms with E-state index in [0.717, 1.165) is 30.9 Å². The van der Waals surface area contributed by atoms with Crippen LogP contribution in [0.2, 0.25) is 5.02 Å². The van der Waals surface area contributed by atoms with Crippen molar-refractivity contribution in [2.45, 2.75) is 43.6 Å². The van der Waals surface area contributed by atoms with Gasteiger partial charge in [0.15, 0.2) is 18.0 Å². The number of nitrogens with zero attached hydrogens (tertiary/aromatic N) is 1. The Kier molecular flexibility index (Phi) is 7.69. The number of halogens is 2. The zero-order valence-electron chi connectivity index (χ0n) is 19.1.